The Balaban J connectivity index is 2.20. The molecule has 1 saturated carbocycles. The molecular formula is C39H58ClNO4. The van der Waals surface area contributed by atoms with Gasteiger partial charge in [-0.25, -0.2) is 4.79 Å². The summed E-state index contributed by atoms with van der Waals surface area (Å²) < 4.78 is 12.1. The van der Waals surface area contributed by atoms with Crippen LogP contribution in [0.15, 0.2) is 36.4 Å². The van der Waals surface area contributed by atoms with Crippen LogP contribution in [-0.2, 0) is 19.7 Å². The summed E-state index contributed by atoms with van der Waals surface area (Å²) in [5.74, 6) is -0.315. The Morgan fingerprint density at radius 3 is 2.22 bits per heavy atom. The molecule has 250 valence electrons. The van der Waals surface area contributed by atoms with Crippen molar-refractivity contribution in [2.45, 2.75) is 130 Å². The lowest BCUT2D eigenvalue weighted by Crippen LogP contribution is -2.38. The first-order chi connectivity index (χ1) is 21.5. The molecule has 0 saturated heterocycles. The minimum atomic E-state index is -0.723. The number of carbonyl (C=O) groups is 2. The SMILES string of the molecule is CCCCOC(=O)N(CC1CCCCC1)c1c(C)cc(C(C)(C)C)cc1C(C(=O)OCC(CC)CCCC)c1ccc(Cl)cc1. The topological polar surface area (TPSA) is 55.8 Å². The summed E-state index contributed by atoms with van der Waals surface area (Å²) in [5, 5.41) is 0.606. The highest BCUT2D eigenvalue weighted by molar-refractivity contribution is 6.30. The maximum absolute atomic E-state index is 14.4. The van der Waals surface area contributed by atoms with Crippen molar-refractivity contribution in [3.8, 4) is 0 Å². The zero-order valence-electron chi connectivity index (χ0n) is 29.1. The second-order valence-electron chi connectivity index (χ2n) is 14.1. The van der Waals surface area contributed by atoms with Gasteiger partial charge in [-0.15, -0.1) is 0 Å². The van der Waals surface area contributed by atoms with Crippen molar-refractivity contribution in [1.82, 2.24) is 0 Å². The average molecular weight is 640 g/mol. The highest BCUT2D eigenvalue weighted by Gasteiger charge is 2.35. The lowest BCUT2D eigenvalue weighted by atomic mass is 9.80. The molecule has 2 aromatic rings. The number of nitrogens with zero attached hydrogens (tertiary/aromatic N) is 1. The number of ether oxygens (including phenoxy) is 2. The van der Waals surface area contributed by atoms with Crippen molar-refractivity contribution in [2.24, 2.45) is 11.8 Å². The van der Waals surface area contributed by atoms with E-state index < -0.39 is 5.92 Å². The third-order valence-corrected chi connectivity index (χ3v) is 9.58. The summed E-state index contributed by atoms with van der Waals surface area (Å²) in [7, 11) is 0. The van der Waals surface area contributed by atoms with Gasteiger partial charge in [-0.2, -0.15) is 0 Å². The van der Waals surface area contributed by atoms with E-state index >= 15 is 0 Å². The van der Waals surface area contributed by atoms with Gasteiger partial charge in [-0.1, -0.05) is 122 Å². The van der Waals surface area contributed by atoms with Crippen LogP contribution in [0, 0.1) is 18.8 Å². The second kappa shape index (κ2) is 18.0. The number of carbonyl (C=O) groups excluding carboxylic acids is 2. The van der Waals surface area contributed by atoms with Crippen LogP contribution in [0.2, 0.25) is 5.02 Å². The summed E-state index contributed by atoms with van der Waals surface area (Å²) in [4.78, 5) is 30.2. The van der Waals surface area contributed by atoms with Crippen LogP contribution in [0.5, 0.6) is 0 Å². The maximum atomic E-state index is 14.4. The third-order valence-electron chi connectivity index (χ3n) is 9.33. The highest BCUT2D eigenvalue weighted by atomic mass is 35.5. The van der Waals surface area contributed by atoms with E-state index in [4.69, 9.17) is 21.1 Å². The molecule has 1 aliphatic rings. The number of unbranched alkanes of at least 4 members (excludes halogenated alkanes) is 2. The fourth-order valence-electron chi connectivity index (χ4n) is 6.37. The van der Waals surface area contributed by atoms with Gasteiger partial charge in [0, 0.05) is 11.6 Å². The van der Waals surface area contributed by atoms with Gasteiger partial charge in [0.25, 0.3) is 0 Å². The smallest absolute Gasteiger partial charge is 0.414 e. The third kappa shape index (κ3) is 10.8. The van der Waals surface area contributed by atoms with E-state index in [0.29, 0.717) is 36.6 Å². The van der Waals surface area contributed by atoms with Gasteiger partial charge >= 0.3 is 12.1 Å². The van der Waals surface area contributed by atoms with Gasteiger partial charge in [-0.05, 0) is 84.2 Å². The molecule has 1 amide bonds. The molecule has 2 unspecified atom stereocenters. The first kappa shape index (κ1) is 36.9. The lowest BCUT2D eigenvalue weighted by Gasteiger charge is -2.34. The van der Waals surface area contributed by atoms with E-state index in [0.717, 1.165) is 79.3 Å². The molecule has 0 radical (unpaired) electrons. The number of benzene rings is 2. The Morgan fingerprint density at radius 2 is 1.62 bits per heavy atom. The van der Waals surface area contributed by atoms with Crippen LogP contribution in [0.4, 0.5) is 10.5 Å². The molecule has 0 bridgehead atoms. The number of halogens is 1. The largest absolute Gasteiger partial charge is 0.465 e. The van der Waals surface area contributed by atoms with Crippen molar-refractivity contribution < 1.29 is 19.1 Å². The zero-order valence-corrected chi connectivity index (χ0v) is 29.8. The van der Waals surface area contributed by atoms with E-state index in [-0.39, 0.29) is 17.5 Å². The molecule has 0 spiro atoms. The Kier molecular flexibility index (Phi) is 14.8. The van der Waals surface area contributed by atoms with E-state index in [2.05, 4.69) is 60.6 Å². The summed E-state index contributed by atoms with van der Waals surface area (Å²) in [6, 6.07) is 11.8. The molecule has 0 heterocycles. The van der Waals surface area contributed by atoms with Gasteiger partial charge in [0.15, 0.2) is 0 Å². The fraction of sp³-hybridized carbons (Fsp3) is 0.641. The van der Waals surface area contributed by atoms with Gasteiger partial charge in [0.2, 0.25) is 0 Å². The average Bonchev–Trinajstić information content (AvgIpc) is 3.01. The summed E-state index contributed by atoms with van der Waals surface area (Å²) in [6.45, 7) is 16.4. The highest BCUT2D eigenvalue weighted by Crippen LogP contribution is 2.41. The molecule has 2 atom stereocenters. The molecule has 1 aliphatic carbocycles. The van der Waals surface area contributed by atoms with Crippen molar-refractivity contribution >= 4 is 29.4 Å². The van der Waals surface area contributed by atoms with Crippen molar-refractivity contribution in [2.75, 3.05) is 24.7 Å². The van der Waals surface area contributed by atoms with Gasteiger partial charge in [0.1, 0.15) is 5.92 Å². The molecule has 3 rings (SSSR count). The molecule has 5 nitrogen and oxygen atoms in total. The zero-order chi connectivity index (χ0) is 33.0. The van der Waals surface area contributed by atoms with Crippen LogP contribution >= 0.6 is 11.6 Å². The molecule has 2 aromatic carbocycles. The summed E-state index contributed by atoms with van der Waals surface area (Å²) >= 11 is 6.33. The summed E-state index contributed by atoms with van der Waals surface area (Å²) in [6.07, 6.45) is 11.4. The van der Waals surface area contributed by atoms with E-state index in [1.807, 2.05) is 29.2 Å². The van der Waals surface area contributed by atoms with Crippen LogP contribution in [0.1, 0.15) is 140 Å². The van der Waals surface area contributed by atoms with Crippen LogP contribution in [-0.4, -0.2) is 31.8 Å². The van der Waals surface area contributed by atoms with Crippen LogP contribution in [0.3, 0.4) is 0 Å². The molecule has 0 N–H and O–H groups in total. The molecule has 0 aromatic heterocycles. The lowest BCUT2D eigenvalue weighted by molar-refractivity contribution is -0.145. The number of anilines is 1. The number of rotatable bonds is 15. The number of esters is 1. The number of hydrogen-bond acceptors (Lipinski definition) is 4. The predicted octanol–water partition coefficient (Wildman–Crippen LogP) is 11.2. The van der Waals surface area contributed by atoms with Crippen molar-refractivity contribution in [3.63, 3.8) is 0 Å². The molecule has 1 fully saturated rings. The minimum Gasteiger partial charge on any atom is -0.465 e. The van der Waals surface area contributed by atoms with Crippen LogP contribution < -0.4 is 4.90 Å². The molecule has 6 heteroatoms. The maximum Gasteiger partial charge on any atom is 0.414 e. The normalized spacial score (nSPS) is 15.4. The van der Waals surface area contributed by atoms with E-state index in [9.17, 15) is 9.59 Å². The molecular weight excluding hydrogens is 582 g/mol. The van der Waals surface area contributed by atoms with Gasteiger partial charge in [-0.3, -0.25) is 9.69 Å². The Labute approximate surface area is 278 Å². The number of hydrogen-bond donors (Lipinski definition) is 0. The van der Waals surface area contributed by atoms with Crippen LogP contribution in [0.25, 0.3) is 0 Å². The van der Waals surface area contributed by atoms with Crippen molar-refractivity contribution in [3.05, 3.63) is 63.7 Å². The Bertz CT molecular complexity index is 1210. The standard InChI is InChI=1S/C39H58ClNO4/c1-8-11-16-29(10-3)27-45-37(42)35(31-19-21-33(40)22-20-31)34-25-32(39(5,6)7)24-28(4)36(34)41(38(43)44-23-12-9-2)26-30-17-14-13-15-18-30/h19-22,24-25,29-30,35H,8-18,23,26-27H2,1-7H3. The monoisotopic (exact) mass is 639 g/mol. The number of aryl methyl sites for hydroxylation is 1. The minimum absolute atomic E-state index is 0.171. The second-order valence-corrected chi connectivity index (χ2v) is 14.5. The van der Waals surface area contributed by atoms with Gasteiger partial charge in [0.05, 0.1) is 18.9 Å². The van der Waals surface area contributed by atoms with E-state index in [1.54, 1.807) is 0 Å². The van der Waals surface area contributed by atoms with E-state index in [1.165, 1.54) is 19.3 Å². The fourth-order valence-corrected chi connectivity index (χ4v) is 6.50. The Morgan fingerprint density at radius 1 is 0.956 bits per heavy atom. The first-order valence-corrected chi connectivity index (χ1v) is 17.9. The molecule has 45 heavy (non-hydrogen) atoms. The van der Waals surface area contributed by atoms with Gasteiger partial charge < -0.3 is 9.47 Å². The summed E-state index contributed by atoms with van der Waals surface area (Å²) in [5.41, 5.74) is 4.26. The quantitative estimate of drug-likeness (QED) is 0.144. The first-order valence-electron chi connectivity index (χ1n) is 17.5. The predicted molar refractivity (Wildman–Crippen MR) is 188 cm³/mol. The number of amides is 1. The Hall–Kier alpha value is -2.53. The molecule has 0 aliphatic heterocycles. The van der Waals surface area contributed by atoms with Crippen molar-refractivity contribution in [1.29, 1.82) is 0 Å².